The Bertz CT molecular complexity index is 523. The zero-order chi connectivity index (χ0) is 17.3. The highest BCUT2D eigenvalue weighted by molar-refractivity contribution is 5.92. The molecule has 0 radical (unpaired) electrons. The summed E-state index contributed by atoms with van der Waals surface area (Å²) in [4.78, 5) is 38.0. The van der Waals surface area contributed by atoms with Crippen LogP contribution in [0, 0.1) is 11.3 Å². The number of amides is 2. The summed E-state index contributed by atoms with van der Waals surface area (Å²) >= 11 is 0. The van der Waals surface area contributed by atoms with E-state index in [1.807, 2.05) is 0 Å². The third-order valence-electron chi connectivity index (χ3n) is 6.19. The Hall–Kier alpha value is -1.59. The number of nitrogens with zero attached hydrogens (tertiary/aromatic N) is 1. The second-order valence-corrected chi connectivity index (χ2v) is 7.90. The molecular weight excluding hydrogens is 308 g/mol. The lowest BCUT2D eigenvalue weighted by Crippen LogP contribution is -2.53. The lowest BCUT2D eigenvalue weighted by molar-refractivity contribution is -0.140. The van der Waals surface area contributed by atoms with Gasteiger partial charge in [-0.25, -0.2) is 4.79 Å². The number of nitrogens with one attached hydrogen (secondary N) is 1. The molecule has 2 amide bonds. The van der Waals surface area contributed by atoms with Crippen molar-refractivity contribution in [2.24, 2.45) is 11.3 Å². The summed E-state index contributed by atoms with van der Waals surface area (Å²) < 4.78 is 0. The number of hydrogen-bond donors (Lipinski definition) is 2. The van der Waals surface area contributed by atoms with Crippen LogP contribution in [0.2, 0.25) is 0 Å². The van der Waals surface area contributed by atoms with E-state index >= 15 is 0 Å². The predicted molar refractivity (Wildman–Crippen MR) is 88.6 cm³/mol. The van der Waals surface area contributed by atoms with E-state index < -0.39 is 12.1 Å². The van der Waals surface area contributed by atoms with Crippen molar-refractivity contribution in [1.82, 2.24) is 10.2 Å². The fourth-order valence-corrected chi connectivity index (χ4v) is 4.84. The average molecular weight is 336 g/mol. The zero-order valence-corrected chi connectivity index (χ0v) is 14.4. The van der Waals surface area contributed by atoms with Crippen molar-refractivity contribution in [3.8, 4) is 0 Å². The van der Waals surface area contributed by atoms with E-state index in [0.717, 1.165) is 44.9 Å². The minimum Gasteiger partial charge on any atom is -0.465 e. The summed E-state index contributed by atoms with van der Waals surface area (Å²) in [5, 5.41) is 11.6. The standard InChI is InChI=1S/C18H28N2O4/c1-12(21)15-18(7-8-18)9-10-20(15)16(22)14(19-17(23)24)11-13-5-3-2-4-6-13/h13-15,19H,2-11H2,1H3,(H,23,24)/t14?,15-/m1/s1. The molecule has 0 aromatic rings. The maximum absolute atomic E-state index is 13.0. The van der Waals surface area contributed by atoms with Gasteiger partial charge in [0, 0.05) is 6.54 Å². The quantitative estimate of drug-likeness (QED) is 0.808. The van der Waals surface area contributed by atoms with Gasteiger partial charge in [0.2, 0.25) is 5.91 Å². The van der Waals surface area contributed by atoms with Gasteiger partial charge in [-0.1, -0.05) is 32.1 Å². The molecule has 1 unspecified atom stereocenters. The van der Waals surface area contributed by atoms with Crippen molar-refractivity contribution < 1.29 is 19.5 Å². The lowest BCUT2D eigenvalue weighted by atomic mass is 9.84. The summed E-state index contributed by atoms with van der Waals surface area (Å²) in [5.41, 5.74) is -0.0138. The number of carbonyl (C=O) groups is 3. The Morgan fingerprint density at radius 1 is 1.17 bits per heavy atom. The minimum atomic E-state index is -1.16. The van der Waals surface area contributed by atoms with Gasteiger partial charge in [0.25, 0.3) is 0 Å². The van der Waals surface area contributed by atoms with Crippen LogP contribution >= 0.6 is 0 Å². The number of Topliss-reactive ketones (excluding diaryl/α,β-unsaturated/α-hetero) is 1. The van der Waals surface area contributed by atoms with Gasteiger partial charge in [0.05, 0.1) is 6.04 Å². The molecule has 0 bridgehead atoms. The van der Waals surface area contributed by atoms with Gasteiger partial charge in [0.1, 0.15) is 6.04 Å². The molecule has 3 aliphatic rings. The van der Waals surface area contributed by atoms with Crippen molar-refractivity contribution in [3.05, 3.63) is 0 Å². The lowest BCUT2D eigenvalue weighted by Gasteiger charge is -2.32. The van der Waals surface area contributed by atoms with Crippen LogP contribution in [0.15, 0.2) is 0 Å². The third-order valence-corrected chi connectivity index (χ3v) is 6.19. The number of hydrogen-bond acceptors (Lipinski definition) is 3. The summed E-state index contributed by atoms with van der Waals surface area (Å²) in [6.07, 6.45) is 7.92. The van der Waals surface area contributed by atoms with Crippen molar-refractivity contribution in [2.75, 3.05) is 6.54 Å². The van der Waals surface area contributed by atoms with Crippen molar-refractivity contribution in [3.63, 3.8) is 0 Å². The molecule has 24 heavy (non-hydrogen) atoms. The summed E-state index contributed by atoms with van der Waals surface area (Å²) in [6, 6.07) is -1.07. The van der Waals surface area contributed by atoms with Crippen molar-refractivity contribution in [1.29, 1.82) is 0 Å². The zero-order valence-electron chi connectivity index (χ0n) is 14.4. The largest absolute Gasteiger partial charge is 0.465 e. The molecule has 1 saturated heterocycles. The van der Waals surface area contributed by atoms with E-state index in [2.05, 4.69) is 5.32 Å². The number of likely N-dealkylation sites (tertiary alicyclic amines) is 1. The van der Waals surface area contributed by atoms with E-state index in [4.69, 9.17) is 5.11 Å². The second-order valence-electron chi connectivity index (χ2n) is 7.90. The molecule has 134 valence electrons. The van der Waals surface area contributed by atoms with E-state index in [-0.39, 0.29) is 23.1 Å². The molecule has 2 atom stereocenters. The van der Waals surface area contributed by atoms with Crippen molar-refractivity contribution >= 4 is 17.8 Å². The first-order valence-corrected chi connectivity index (χ1v) is 9.23. The topological polar surface area (TPSA) is 86.7 Å². The number of ketones is 1. The van der Waals surface area contributed by atoms with Crippen LogP contribution in [0.4, 0.5) is 4.79 Å². The van der Waals surface area contributed by atoms with E-state index in [9.17, 15) is 14.4 Å². The van der Waals surface area contributed by atoms with Crippen LogP contribution in [-0.2, 0) is 9.59 Å². The van der Waals surface area contributed by atoms with E-state index in [1.165, 1.54) is 6.42 Å². The fraction of sp³-hybridized carbons (Fsp3) is 0.833. The van der Waals surface area contributed by atoms with E-state index in [0.29, 0.717) is 18.9 Å². The van der Waals surface area contributed by atoms with Crippen LogP contribution in [0.1, 0.15) is 64.7 Å². The van der Waals surface area contributed by atoms with Gasteiger partial charge in [0.15, 0.2) is 5.78 Å². The molecular formula is C18H28N2O4. The van der Waals surface area contributed by atoms with Gasteiger partial charge < -0.3 is 15.3 Å². The first-order valence-electron chi connectivity index (χ1n) is 9.23. The molecule has 6 nitrogen and oxygen atoms in total. The number of carbonyl (C=O) groups excluding carboxylic acids is 2. The van der Waals surface area contributed by atoms with Gasteiger partial charge in [-0.15, -0.1) is 0 Å². The molecule has 2 saturated carbocycles. The van der Waals surface area contributed by atoms with Crippen LogP contribution in [0.25, 0.3) is 0 Å². The monoisotopic (exact) mass is 336 g/mol. The van der Waals surface area contributed by atoms with E-state index in [1.54, 1.807) is 11.8 Å². The average Bonchev–Trinajstić information content (AvgIpc) is 3.19. The first-order chi connectivity index (χ1) is 11.4. The maximum atomic E-state index is 13.0. The Balaban J connectivity index is 1.72. The molecule has 1 heterocycles. The van der Waals surface area contributed by atoms with Gasteiger partial charge in [-0.3, -0.25) is 9.59 Å². The Morgan fingerprint density at radius 3 is 2.38 bits per heavy atom. The fourth-order valence-electron chi connectivity index (χ4n) is 4.84. The van der Waals surface area contributed by atoms with Gasteiger partial charge in [-0.05, 0) is 43.9 Å². The SMILES string of the molecule is CC(=O)[C@H]1N(C(=O)C(CC2CCCCC2)NC(=O)O)CCC12CC2. The molecule has 2 aliphatic carbocycles. The molecule has 0 aromatic heterocycles. The smallest absolute Gasteiger partial charge is 0.405 e. The Morgan fingerprint density at radius 2 is 1.83 bits per heavy atom. The van der Waals surface area contributed by atoms with Crippen LogP contribution in [0.5, 0.6) is 0 Å². The molecule has 2 N–H and O–H groups in total. The Labute approximate surface area is 143 Å². The molecule has 1 spiro atoms. The third kappa shape index (κ3) is 3.42. The summed E-state index contributed by atoms with van der Waals surface area (Å²) in [5.74, 6) is 0.227. The Kier molecular flexibility index (Phi) is 4.83. The molecule has 3 fully saturated rings. The first kappa shape index (κ1) is 17.2. The van der Waals surface area contributed by atoms with Gasteiger partial charge in [-0.2, -0.15) is 0 Å². The maximum Gasteiger partial charge on any atom is 0.405 e. The van der Waals surface area contributed by atoms with Crippen LogP contribution in [-0.4, -0.2) is 46.4 Å². The second kappa shape index (κ2) is 6.73. The highest BCUT2D eigenvalue weighted by Crippen LogP contribution is 2.57. The summed E-state index contributed by atoms with van der Waals surface area (Å²) in [7, 11) is 0. The molecule has 6 heteroatoms. The predicted octanol–water partition coefficient (Wildman–Crippen LogP) is 2.56. The normalized spacial score (nSPS) is 27.0. The minimum absolute atomic E-state index is 0.0138. The molecule has 0 aromatic carbocycles. The van der Waals surface area contributed by atoms with Crippen LogP contribution in [0.3, 0.4) is 0 Å². The highest BCUT2D eigenvalue weighted by Gasteiger charge is 2.59. The summed E-state index contributed by atoms with van der Waals surface area (Å²) in [6.45, 7) is 2.13. The highest BCUT2D eigenvalue weighted by atomic mass is 16.4. The number of carboxylic acid groups (broad SMARTS) is 1. The van der Waals surface area contributed by atoms with Gasteiger partial charge >= 0.3 is 6.09 Å². The van der Waals surface area contributed by atoms with Crippen molar-refractivity contribution in [2.45, 2.75) is 76.8 Å². The van der Waals surface area contributed by atoms with Crippen LogP contribution < -0.4 is 5.32 Å². The molecule has 3 rings (SSSR count). The molecule has 1 aliphatic heterocycles. The number of rotatable bonds is 5.